The van der Waals surface area contributed by atoms with Crippen molar-refractivity contribution in [3.8, 4) is 0 Å². The van der Waals surface area contributed by atoms with E-state index in [1.54, 1.807) is 0 Å². The third-order valence-electron chi connectivity index (χ3n) is 4.06. The fraction of sp³-hybridized carbons (Fsp3) is 1.00. The predicted octanol–water partition coefficient (Wildman–Crippen LogP) is 0.266. The maximum atomic E-state index is 12.3. The number of rotatable bonds is 5. The minimum absolute atomic E-state index is 0.223. The van der Waals surface area contributed by atoms with E-state index in [1.165, 1.54) is 4.90 Å². The molecule has 19 heavy (non-hydrogen) atoms. The molecule has 1 aliphatic heterocycles. The Hall–Kier alpha value is -0.370. The number of hydrogen-bond acceptors (Lipinski definition) is 4. The molecule has 0 aromatic carbocycles. The molecule has 0 aromatic rings. The van der Waals surface area contributed by atoms with E-state index < -0.39 is 18.3 Å². The lowest BCUT2D eigenvalue weighted by Gasteiger charge is -2.39. The standard InChI is InChI=1S/C12H22F3N3O/c13-12(14,15)9-18-5-3-17(4-6-18)8-11(19,7-16)10-1-2-10/h10,19H,1-9,16H2. The lowest BCUT2D eigenvalue weighted by atomic mass is 9.97. The van der Waals surface area contributed by atoms with Gasteiger partial charge in [-0.1, -0.05) is 0 Å². The molecule has 4 nitrogen and oxygen atoms in total. The average Bonchev–Trinajstić information content (AvgIpc) is 3.14. The van der Waals surface area contributed by atoms with Crippen LogP contribution in [0.15, 0.2) is 0 Å². The largest absolute Gasteiger partial charge is 0.401 e. The number of nitrogens with zero attached hydrogens (tertiary/aromatic N) is 2. The number of β-amino-alcohol motifs (C(OH)–C–C–N with tert-alkyl or cyclic N) is 1. The van der Waals surface area contributed by atoms with Gasteiger partial charge in [-0.15, -0.1) is 0 Å². The molecule has 1 heterocycles. The summed E-state index contributed by atoms with van der Waals surface area (Å²) in [6, 6.07) is 0. The molecule has 0 aromatic heterocycles. The van der Waals surface area contributed by atoms with Gasteiger partial charge in [-0.2, -0.15) is 13.2 Å². The normalized spacial score (nSPS) is 26.4. The van der Waals surface area contributed by atoms with Gasteiger partial charge in [-0.3, -0.25) is 9.80 Å². The van der Waals surface area contributed by atoms with E-state index in [0.29, 0.717) is 32.7 Å². The Kier molecular flexibility index (Phi) is 4.39. The van der Waals surface area contributed by atoms with Crippen molar-refractivity contribution in [3.63, 3.8) is 0 Å². The molecule has 0 radical (unpaired) electrons. The maximum absolute atomic E-state index is 12.3. The molecule has 0 bridgehead atoms. The molecule has 7 heteroatoms. The highest BCUT2D eigenvalue weighted by Crippen LogP contribution is 2.39. The monoisotopic (exact) mass is 281 g/mol. The van der Waals surface area contributed by atoms with Crippen LogP contribution in [-0.4, -0.2) is 72.5 Å². The second-order valence-corrected chi connectivity index (χ2v) is 5.75. The van der Waals surface area contributed by atoms with Gasteiger partial charge in [0.15, 0.2) is 0 Å². The third kappa shape index (κ3) is 4.30. The maximum Gasteiger partial charge on any atom is 0.401 e. The zero-order valence-electron chi connectivity index (χ0n) is 11.0. The highest BCUT2D eigenvalue weighted by molar-refractivity contribution is 4.98. The van der Waals surface area contributed by atoms with E-state index in [9.17, 15) is 18.3 Å². The van der Waals surface area contributed by atoms with Gasteiger partial charge in [0.25, 0.3) is 0 Å². The van der Waals surface area contributed by atoms with Crippen LogP contribution in [0, 0.1) is 5.92 Å². The third-order valence-corrected chi connectivity index (χ3v) is 4.06. The molecule has 112 valence electrons. The first-order valence-corrected chi connectivity index (χ1v) is 6.76. The lowest BCUT2D eigenvalue weighted by Crippen LogP contribution is -2.56. The van der Waals surface area contributed by atoms with Crippen molar-refractivity contribution in [2.75, 3.05) is 45.8 Å². The summed E-state index contributed by atoms with van der Waals surface area (Å²) < 4.78 is 36.8. The second-order valence-electron chi connectivity index (χ2n) is 5.75. The summed E-state index contributed by atoms with van der Waals surface area (Å²) in [6.07, 6.45) is -2.13. The van der Waals surface area contributed by atoms with Crippen LogP contribution < -0.4 is 5.73 Å². The number of halogens is 3. The minimum Gasteiger partial charge on any atom is -0.387 e. The molecule has 2 aliphatic rings. The number of piperazine rings is 1. The van der Waals surface area contributed by atoms with Gasteiger partial charge in [-0.05, 0) is 18.8 Å². The van der Waals surface area contributed by atoms with Crippen LogP contribution in [0.1, 0.15) is 12.8 Å². The molecule has 1 aliphatic carbocycles. The van der Waals surface area contributed by atoms with Crippen molar-refractivity contribution >= 4 is 0 Å². The Morgan fingerprint density at radius 2 is 1.47 bits per heavy atom. The molecule has 3 N–H and O–H groups in total. The SMILES string of the molecule is NCC(O)(CN1CCN(CC(F)(F)F)CC1)C1CC1. The highest BCUT2D eigenvalue weighted by atomic mass is 19.4. The first kappa shape index (κ1) is 15.0. The molecular weight excluding hydrogens is 259 g/mol. The summed E-state index contributed by atoms with van der Waals surface area (Å²) >= 11 is 0. The fourth-order valence-corrected chi connectivity index (χ4v) is 2.73. The Morgan fingerprint density at radius 1 is 1.00 bits per heavy atom. The number of alkyl halides is 3. The highest BCUT2D eigenvalue weighted by Gasteiger charge is 2.44. The zero-order valence-corrected chi connectivity index (χ0v) is 11.0. The van der Waals surface area contributed by atoms with E-state index in [0.717, 1.165) is 12.8 Å². The zero-order chi connectivity index (χ0) is 14.1. The van der Waals surface area contributed by atoms with Crippen molar-refractivity contribution in [1.29, 1.82) is 0 Å². The Labute approximate surface area is 111 Å². The van der Waals surface area contributed by atoms with Crippen molar-refractivity contribution in [2.24, 2.45) is 11.7 Å². The molecule has 2 rings (SSSR count). The first-order valence-electron chi connectivity index (χ1n) is 6.76. The minimum atomic E-state index is -4.13. The number of hydrogen-bond donors (Lipinski definition) is 2. The Balaban J connectivity index is 1.77. The van der Waals surface area contributed by atoms with Crippen molar-refractivity contribution in [1.82, 2.24) is 9.80 Å². The van der Waals surface area contributed by atoms with E-state index in [2.05, 4.69) is 0 Å². The quantitative estimate of drug-likeness (QED) is 0.759. The molecule has 1 unspecified atom stereocenters. The van der Waals surface area contributed by atoms with Gasteiger partial charge >= 0.3 is 6.18 Å². The van der Waals surface area contributed by atoms with E-state index in [1.807, 2.05) is 4.90 Å². The van der Waals surface area contributed by atoms with Crippen molar-refractivity contribution < 1.29 is 18.3 Å². The summed E-state index contributed by atoms with van der Waals surface area (Å²) in [6.45, 7) is 1.77. The molecule has 0 spiro atoms. The van der Waals surface area contributed by atoms with Gasteiger partial charge < -0.3 is 10.8 Å². The van der Waals surface area contributed by atoms with Gasteiger partial charge in [0.05, 0.1) is 12.1 Å². The summed E-state index contributed by atoms with van der Waals surface area (Å²) in [4.78, 5) is 3.44. The number of aliphatic hydroxyl groups is 1. The van der Waals surface area contributed by atoms with Crippen LogP contribution in [0.4, 0.5) is 13.2 Å². The van der Waals surface area contributed by atoms with Crippen LogP contribution in [0.3, 0.4) is 0 Å². The van der Waals surface area contributed by atoms with Crippen LogP contribution in [0.5, 0.6) is 0 Å². The average molecular weight is 281 g/mol. The summed E-state index contributed by atoms with van der Waals surface area (Å²) in [5.41, 5.74) is 4.78. The van der Waals surface area contributed by atoms with E-state index in [4.69, 9.17) is 5.73 Å². The van der Waals surface area contributed by atoms with Gasteiger partial charge in [-0.25, -0.2) is 0 Å². The lowest BCUT2D eigenvalue weighted by molar-refractivity contribution is -0.150. The van der Waals surface area contributed by atoms with Crippen molar-refractivity contribution in [2.45, 2.75) is 24.6 Å². The van der Waals surface area contributed by atoms with Gasteiger partial charge in [0.1, 0.15) is 0 Å². The predicted molar refractivity (Wildman–Crippen MR) is 65.7 cm³/mol. The summed E-state index contributed by atoms with van der Waals surface area (Å²) in [5, 5.41) is 10.4. The Morgan fingerprint density at radius 3 is 1.84 bits per heavy atom. The van der Waals surface area contributed by atoms with Crippen LogP contribution in [-0.2, 0) is 0 Å². The summed E-state index contributed by atoms with van der Waals surface area (Å²) in [5.74, 6) is 0.269. The van der Waals surface area contributed by atoms with E-state index >= 15 is 0 Å². The van der Waals surface area contributed by atoms with Crippen LogP contribution >= 0.6 is 0 Å². The molecule has 0 amide bonds. The molecule has 1 saturated heterocycles. The van der Waals surface area contributed by atoms with Gasteiger partial charge in [0, 0.05) is 39.3 Å². The second kappa shape index (κ2) is 5.55. The molecule has 1 saturated carbocycles. The van der Waals surface area contributed by atoms with Gasteiger partial charge in [0.2, 0.25) is 0 Å². The molecular formula is C12H22F3N3O. The van der Waals surface area contributed by atoms with Crippen LogP contribution in [0.2, 0.25) is 0 Å². The molecule has 1 atom stereocenters. The topological polar surface area (TPSA) is 52.7 Å². The first-order chi connectivity index (χ1) is 8.82. The van der Waals surface area contributed by atoms with Crippen LogP contribution in [0.25, 0.3) is 0 Å². The fourth-order valence-electron chi connectivity index (χ4n) is 2.73. The van der Waals surface area contributed by atoms with Crippen molar-refractivity contribution in [3.05, 3.63) is 0 Å². The smallest absolute Gasteiger partial charge is 0.387 e. The molecule has 2 fully saturated rings. The Bertz CT molecular complexity index is 301. The summed E-state index contributed by atoms with van der Waals surface area (Å²) in [7, 11) is 0. The van der Waals surface area contributed by atoms with E-state index in [-0.39, 0.29) is 12.5 Å². The number of nitrogens with two attached hydrogens (primary N) is 1.